The van der Waals surface area contributed by atoms with Crippen LogP contribution in [0.3, 0.4) is 0 Å². The van der Waals surface area contributed by atoms with Gasteiger partial charge in [0.15, 0.2) is 0 Å². The van der Waals surface area contributed by atoms with E-state index in [1.165, 1.54) is 0 Å². The van der Waals surface area contributed by atoms with Crippen molar-refractivity contribution in [2.45, 2.75) is 13.3 Å². The van der Waals surface area contributed by atoms with Crippen molar-refractivity contribution >= 4 is 0 Å². The Morgan fingerprint density at radius 2 is 2.00 bits per heavy atom. The first-order valence-electron chi connectivity index (χ1n) is 4.63. The lowest BCUT2D eigenvalue weighted by molar-refractivity contribution is 0.475. The molecule has 0 atom stereocenters. The van der Waals surface area contributed by atoms with Crippen LogP contribution in [0.25, 0.3) is 11.3 Å². The van der Waals surface area contributed by atoms with Crippen LogP contribution in [0.15, 0.2) is 30.6 Å². The third-order valence-electron chi connectivity index (χ3n) is 2.21. The fourth-order valence-corrected chi connectivity index (χ4v) is 1.46. The van der Waals surface area contributed by atoms with Crippen molar-refractivity contribution in [3.63, 3.8) is 0 Å². The molecule has 3 heteroatoms. The summed E-state index contributed by atoms with van der Waals surface area (Å²) in [5, 5.41) is 9.15. The minimum absolute atomic E-state index is 0.280. The van der Waals surface area contributed by atoms with Gasteiger partial charge in [0.1, 0.15) is 5.75 Å². The van der Waals surface area contributed by atoms with Gasteiger partial charge in [-0.15, -0.1) is 0 Å². The molecule has 3 nitrogen and oxygen atoms in total. The number of nitrogens with zero attached hydrogens (tertiary/aromatic N) is 1. The summed E-state index contributed by atoms with van der Waals surface area (Å²) in [6.07, 6.45) is 2.62. The summed E-state index contributed by atoms with van der Waals surface area (Å²) in [7, 11) is 0. The second-order valence-corrected chi connectivity index (χ2v) is 3.13. The summed E-state index contributed by atoms with van der Waals surface area (Å²) >= 11 is 0. The molecule has 1 aromatic carbocycles. The van der Waals surface area contributed by atoms with Gasteiger partial charge in [-0.05, 0) is 30.7 Å². The van der Waals surface area contributed by atoms with Gasteiger partial charge < -0.3 is 10.1 Å². The highest BCUT2D eigenvalue weighted by Gasteiger charge is 2.05. The van der Waals surface area contributed by atoms with Gasteiger partial charge in [0.25, 0.3) is 0 Å². The smallest absolute Gasteiger partial charge is 0.115 e. The zero-order valence-corrected chi connectivity index (χ0v) is 7.99. The number of hydrogen-bond acceptors (Lipinski definition) is 2. The van der Waals surface area contributed by atoms with E-state index in [1.54, 1.807) is 18.5 Å². The highest BCUT2D eigenvalue weighted by molar-refractivity contribution is 5.62. The third kappa shape index (κ3) is 1.48. The Kier molecular flexibility index (Phi) is 2.23. The van der Waals surface area contributed by atoms with Gasteiger partial charge in [-0.2, -0.15) is 0 Å². The average molecular weight is 188 g/mol. The monoisotopic (exact) mass is 188 g/mol. The van der Waals surface area contributed by atoms with Crippen LogP contribution in [0.1, 0.15) is 12.6 Å². The first kappa shape index (κ1) is 8.81. The molecule has 0 aliphatic heterocycles. The van der Waals surface area contributed by atoms with Gasteiger partial charge in [0, 0.05) is 11.3 Å². The first-order valence-corrected chi connectivity index (χ1v) is 4.63. The standard InChI is InChI=1S/C11H12N2O/c1-2-10-11(13-7-12-10)8-3-5-9(14)6-4-8/h3-7,14H,2H2,1H3,(H,12,13). The highest BCUT2D eigenvalue weighted by atomic mass is 16.3. The zero-order valence-electron chi connectivity index (χ0n) is 7.99. The van der Waals surface area contributed by atoms with Crippen LogP contribution in [0.5, 0.6) is 5.75 Å². The maximum atomic E-state index is 9.15. The number of phenolic OH excluding ortho intramolecular Hbond substituents is 1. The van der Waals surface area contributed by atoms with Gasteiger partial charge in [-0.3, -0.25) is 0 Å². The first-order chi connectivity index (χ1) is 6.81. The van der Waals surface area contributed by atoms with Crippen molar-refractivity contribution in [2.24, 2.45) is 0 Å². The number of phenols is 1. The summed E-state index contributed by atoms with van der Waals surface area (Å²) in [6.45, 7) is 2.08. The quantitative estimate of drug-likeness (QED) is 0.760. The predicted octanol–water partition coefficient (Wildman–Crippen LogP) is 2.34. The lowest BCUT2D eigenvalue weighted by atomic mass is 10.1. The summed E-state index contributed by atoms with van der Waals surface area (Å²) in [5.41, 5.74) is 3.11. The van der Waals surface area contributed by atoms with Crippen LogP contribution in [0.4, 0.5) is 0 Å². The van der Waals surface area contributed by atoms with E-state index in [9.17, 15) is 0 Å². The maximum absolute atomic E-state index is 9.15. The maximum Gasteiger partial charge on any atom is 0.115 e. The number of imidazole rings is 1. The van der Waals surface area contributed by atoms with Crippen molar-refractivity contribution in [3.05, 3.63) is 36.3 Å². The molecule has 0 saturated carbocycles. The number of aromatic nitrogens is 2. The van der Waals surface area contributed by atoms with E-state index in [1.807, 2.05) is 12.1 Å². The average Bonchev–Trinajstić information content (AvgIpc) is 2.67. The largest absolute Gasteiger partial charge is 0.508 e. The molecule has 0 spiro atoms. The Morgan fingerprint density at radius 3 is 2.64 bits per heavy atom. The second kappa shape index (κ2) is 3.54. The second-order valence-electron chi connectivity index (χ2n) is 3.13. The summed E-state index contributed by atoms with van der Waals surface area (Å²) in [4.78, 5) is 7.34. The summed E-state index contributed by atoms with van der Waals surface area (Å²) < 4.78 is 0. The fourth-order valence-electron chi connectivity index (χ4n) is 1.46. The minimum atomic E-state index is 0.280. The molecule has 0 aliphatic rings. The number of benzene rings is 1. The molecule has 0 fully saturated rings. The molecule has 2 rings (SSSR count). The number of aryl methyl sites for hydroxylation is 1. The van der Waals surface area contributed by atoms with Crippen LogP contribution in [0, 0.1) is 0 Å². The minimum Gasteiger partial charge on any atom is -0.508 e. The lowest BCUT2D eigenvalue weighted by Crippen LogP contribution is -1.85. The number of hydrogen-bond donors (Lipinski definition) is 2. The topological polar surface area (TPSA) is 48.9 Å². The SMILES string of the molecule is CCc1[nH]cnc1-c1ccc(O)cc1. The molecule has 2 N–H and O–H groups in total. The van der Waals surface area contributed by atoms with E-state index in [-0.39, 0.29) is 5.75 Å². The molecule has 14 heavy (non-hydrogen) atoms. The molecule has 0 radical (unpaired) electrons. The van der Waals surface area contributed by atoms with Gasteiger partial charge >= 0.3 is 0 Å². The van der Waals surface area contributed by atoms with Crippen molar-refractivity contribution in [1.29, 1.82) is 0 Å². The van der Waals surface area contributed by atoms with Crippen LogP contribution < -0.4 is 0 Å². The number of nitrogens with one attached hydrogen (secondary N) is 1. The molecule has 2 aromatic rings. The number of H-pyrrole nitrogens is 1. The van der Waals surface area contributed by atoms with Crippen molar-refractivity contribution < 1.29 is 5.11 Å². The third-order valence-corrected chi connectivity index (χ3v) is 2.21. The van der Waals surface area contributed by atoms with Crippen LogP contribution >= 0.6 is 0 Å². The molecule has 0 unspecified atom stereocenters. The molecule has 0 amide bonds. The number of rotatable bonds is 2. The summed E-state index contributed by atoms with van der Waals surface area (Å²) in [6, 6.07) is 7.07. The molecule has 0 aliphatic carbocycles. The normalized spacial score (nSPS) is 10.4. The number of aromatic hydroxyl groups is 1. The Labute approximate surface area is 82.4 Å². The van der Waals surface area contributed by atoms with E-state index < -0.39 is 0 Å². The van der Waals surface area contributed by atoms with Crippen LogP contribution in [0.2, 0.25) is 0 Å². The lowest BCUT2D eigenvalue weighted by Gasteiger charge is -2.00. The molecule has 72 valence electrons. The van der Waals surface area contributed by atoms with E-state index >= 15 is 0 Å². The van der Waals surface area contributed by atoms with Crippen molar-refractivity contribution in [3.8, 4) is 17.0 Å². The molecular weight excluding hydrogens is 176 g/mol. The highest BCUT2D eigenvalue weighted by Crippen LogP contribution is 2.22. The van der Waals surface area contributed by atoms with Gasteiger partial charge in [-0.1, -0.05) is 6.92 Å². The van der Waals surface area contributed by atoms with Gasteiger partial charge in [0.2, 0.25) is 0 Å². The predicted molar refractivity (Wildman–Crippen MR) is 55.1 cm³/mol. The molecule has 1 aromatic heterocycles. The summed E-state index contributed by atoms with van der Waals surface area (Å²) in [5.74, 6) is 0.280. The van der Waals surface area contributed by atoms with Crippen molar-refractivity contribution in [2.75, 3.05) is 0 Å². The molecule has 0 bridgehead atoms. The van der Waals surface area contributed by atoms with E-state index in [0.29, 0.717) is 0 Å². The molecule has 0 saturated heterocycles. The van der Waals surface area contributed by atoms with E-state index in [0.717, 1.165) is 23.4 Å². The fraction of sp³-hybridized carbons (Fsp3) is 0.182. The van der Waals surface area contributed by atoms with Crippen molar-refractivity contribution in [1.82, 2.24) is 9.97 Å². The van der Waals surface area contributed by atoms with Crippen LogP contribution in [-0.2, 0) is 6.42 Å². The Morgan fingerprint density at radius 1 is 1.29 bits per heavy atom. The number of aromatic amines is 1. The van der Waals surface area contributed by atoms with E-state index in [4.69, 9.17) is 5.11 Å². The zero-order chi connectivity index (χ0) is 9.97. The molecule has 1 heterocycles. The molecular formula is C11H12N2O. The van der Waals surface area contributed by atoms with E-state index in [2.05, 4.69) is 16.9 Å². The van der Waals surface area contributed by atoms with Gasteiger partial charge in [0.05, 0.1) is 12.0 Å². The Balaban J connectivity index is 2.44. The Hall–Kier alpha value is -1.77. The van der Waals surface area contributed by atoms with Crippen LogP contribution in [-0.4, -0.2) is 15.1 Å². The van der Waals surface area contributed by atoms with Gasteiger partial charge in [-0.25, -0.2) is 4.98 Å². The Bertz CT molecular complexity index is 417.